The van der Waals surface area contributed by atoms with Gasteiger partial charge in [0.25, 0.3) is 0 Å². The molecule has 4 rings (SSSR count). The van der Waals surface area contributed by atoms with Crippen LogP contribution in [0.4, 0.5) is 5.69 Å². The third kappa shape index (κ3) is 4.03. The molecule has 7 heteroatoms. The van der Waals surface area contributed by atoms with Crippen molar-refractivity contribution in [2.75, 3.05) is 31.1 Å². The number of carbonyl (C=O) groups is 1. The molecule has 1 aliphatic heterocycles. The van der Waals surface area contributed by atoms with Gasteiger partial charge in [-0.15, -0.1) is 0 Å². The Hall–Kier alpha value is -2.67. The van der Waals surface area contributed by atoms with Gasteiger partial charge in [0.15, 0.2) is 0 Å². The van der Waals surface area contributed by atoms with E-state index in [0.29, 0.717) is 24.6 Å². The number of aryl methyl sites for hydroxylation is 2. The Morgan fingerprint density at radius 2 is 2.00 bits per heavy atom. The van der Waals surface area contributed by atoms with E-state index >= 15 is 0 Å². The van der Waals surface area contributed by atoms with Gasteiger partial charge in [0.05, 0.1) is 0 Å². The van der Waals surface area contributed by atoms with Gasteiger partial charge in [0, 0.05) is 55.7 Å². The van der Waals surface area contributed by atoms with Gasteiger partial charge in [-0.2, -0.15) is 16.3 Å². The molecule has 0 atom stereocenters. The van der Waals surface area contributed by atoms with Crippen molar-refractivity contribution >= 4 is 22.9 Å². The molecule has 0 radical (unpaired) electrons. The number of hydrogen-bond acceptors (Lipinski definition) is 6. The lowest BCUT2D eigenvalue weighted by Gasteiger charge is -2.36. The van der Waals surface area contributed by atoms with Crippen molar-refractivity contribution in [1.82, 2.24) is 15.0 Å². The average Bonchev–Trinajstić information content (AvgIpc) is 3.38. The Bertz CT molecular complexity index is 898. The highest BCUT2D eigenvalue weighted by atomic mass is 32.1. The quantitative estimate of drug-likeness (QED) is 0.677. The molecule has 0 aliphatic carbocycles. The van der Waals surface area contributed by atoms with Gasteiger partial charge in [-0.1, -0.05) is 23.4 Å². The number of rotatable bonds is 5. The minimum atomic E-state index is 0.148. The highest BCUT2D eigenvalue weighted by molar-refractivity contribution is 7.08. The van der Waals surface area contributed by atoms with E-state index in [9.17, 15) is 4.79 Å². The van der Waals surface area contributed by atoms with Crippen molar-refractivity contribution in [2.24, 2.45) is 0 Å². The number of nitrogens with zero attached hydrogens (tertiary/aromatic N) is 4. The summed E-state index contributed by atoms with van der Waals surface area (Å²) in [5.74, 6) is 1.25. The SMILES string of the molecule is Cc1ccccc1N1CCN(C(=O)CCc2nc(-c3ccsc3)no2)CC1. The highest BCUT2D eigenvalue weighted by Crippen LogP contribution is 2.21. The molecule has 1 fully saturated rings. The second-order valence-corrected chi connectivity index (χ2v) is 7.46. The maximum Gasteiger partial charge on any atom is 0.227 e. The molecule has 1 aromatic carbocycles. The van der Waals surface area contributed by atoms with Crippen LogP contribution in [0.3, 0.4) is 0 Å². The summed E-state index contributed by atoms with van der Waals surface area (Å²) in [5, 5.41) is 7.95. The zero-order chi connectivity index (χ0) is 18.6. The summed E-state index contributed by atoms with van der Waals surface area (Å²) in [7, 11) is 0. The van der Waals surface area contributed by atoms with Crippen molar-refractivity contribution in [2.45, 2.75) is 19.8 Å². The fourth-order valence-corrected chi connectivity index (χ4v) is 3.99. The van der Waals surface area contributed by atoms with E-state index < -0.39 is 0 Å². The first-order valence-electron chi connectivity index (χ1n) is 9.14. The van der Waals surface area contributed by atoms with Crippen molar-refractivity contribution in [1.29, 1.82) is 0 Å². The van der Waals surface area contributed by atoms with Crippen LogP contribution in [0.2, 0.25) is 0 Å². The fourth-order valence-electron chi connectivity index (χ4n) is 3.35. The third-order valence-corrected chi connectivity index (χ3v) is 5.57. The number of hydrogen-bond donors (Lipinski definition) is 0. The molecular weight excluding hydrogens is 360 g/mol. The molecule has 0 N–H and O–H groups in total. The van der Waals surface area contributed by atoms with Crippen LogP contribution >= 0.6 is 11.3 Å². The van der Waals surface area contributed by atoms with Gasteiger partial charge in [-0.05, 0) is 30.0 Å². The van der Waals surface area contributed by atoms with Gasteiger partial charge < -0.3 is 14.3 Å². The minimum Gasteiger partial charge on any atom is -0.368 e. The van der Waals surface area contributed by atoms with Crippen LogP contribution in [-0.4, -0.2) is 47.1 Å². The molecule has 140 valence electrons. The van der Waals surface area contributed by atoms with E-state index in [0.717, 1.165) is 31.7 Å². The highest BCUT2D eigenvalue weighted by Gasteiger charge is 2.22. The molecule has 2 aromatic heterocycles. The Labute approximate surface area is 162 Å². The molecule has 1 saturated heterocycles. The first-order valence-corrected chi connectivity index (χ1v) is 10.1. The lowest BCUT2D eigenvalue weighted by molar-refractivity contribution is -0.131. The molecule has 0 bridgehead atoms. The standard InChI is InChI=1S/C20H22N4O2S/c1-15-4-2-3-5-17(15)23-9-11-24(12-10-23)19(25)7-6-18-21-20(22-26-18)16-8-13-27-14-16/h2-5,8,13-14H,6-7,9-12H2,1H3. The summed E-state index contributed by atoms with van der Waals surface area (Å²) in [6, 6.07) is 10.3. The second kappa shape index (κ2) is 7.92. The zero-order valence-electron chi connectivity index (χ0n) is 15.3. The van der Waals surface area contributed by atoms with Crippen LogP contribution in [0.15, 0.2) is 45.6 Å². The van der Waals surface area contributed by atoms with Gasteiger partial charge in [-0.3, -0.25) is 4.79 Å². The predicted molar refractivity (Wildman–Crippen MR) is 106 cm³/mol. The van der Waals surface area contributed by atoms with Crippen LogP contribution in [-0.2, 0) is 11.2 Å². The first-order chi connectivity index (χ1) is 13.2. The normalized spacial score (nSPS) is 14.6. The second-order valence-electron chi connectivity index (χ2n) is 6.68. The summed E-state index contributed by atoms with van der Waals surface area (Å²) in [6.07, 6.45) is 0.879. The first kappa shape index (κ1) is 17.7. The molecular formula is C20H22N4O2S. The molecule has 27 heavy (non-hydrogen) atoms. The lowest BCUT2D eigenvalue weighted by Crippen LogP contribution is -2.49. The molecule has 0 unspecified atom stereocenters. The van der Waals surface area contributed by atoms with Crippen molar-refractivity contribution in [3.8, 4) is 11.4 Å². The Morgan fingerprint density at radius 1 is 1.19 bits per heavy atom. The summed E-state index contributed by atoms with van der Waals surface area (Å²) < 4.78 is 5.28. The number of benzene rings is 1. The maximum absolute atomic E-state index is 12.5. The van der Waals surface area contributed by atoms with E-state index in [1.54, 1.807) is 11.3 Å². The van der Waals surface area contributed by atoms with Gasteiger partial charge in [0.1, 0.15) is 0 Å². The zero-order valence-corrected chi connectivity index (χ0v) is 16.1. The summed E-state index contributed by atoms with van der Waals surface area (Å²) >= 11 is 1.59. The molecule has 3 aromatic rings. The van der Waals surface area contributed by atoms with Crippen molar-refractivity contribution in [3.63, 3.8) is 0 Å². The topological polar surface area (TPSA) is 62.5 Å². The maximum atomic E-state index is 12.5. The van der Waals surface area contributed by atoms with Crippen molar-refractivity contribution in [3.05, 3.63) is 52.5 Å². The molecule has 0 spiro atoms. The summed E-state index contributed by atoms with van der Waals surface area (Å²) in [4.78, 5) is 21.2. The van der Waals surface area contributed by atoms with E-state index in [4.69, 9.17) is 4.52 Å². The molecule has 1 aliphatic rings. The van der Waals surface area contributed by atoms with Crippen LogP contribution in [0.1, 0.15) is 17.9 Å². The van der Waals surface area contributed by atoms with Crippen molar-refractivity contribution < 1.29 is 9.32 Å². The monoisotopic (exact) mass is 382 g/mol. The molecule has 3 heterocycles. The molecule has 6 nitrogen and oxygen atoms in total. The predicted octanol–water partition coefficient (Wildman–Crippen LogP) is 3.39. The van der Waals surface area contributed by atoms with E-state index in [1.165, 1.54) is 11.3 Å². The summed E-state index contributed by atoms with van der Waals surface area (Å²) in [5.41, 5.74) is 3.49. The van der Waals surface area contributed by atoms with Gasteiger partial charge in [0.2, 0.25) is 17.6 Å². The lowest BCUT2D eigenvalue weighted by atomic mass is 10.1. The van der Waals surface area contributed by atoms with Gasteiger partial charge >= 0.3 is 0 Å². The van der Waals surface area contributed by atoms with Crippen LogP contribution in [0, 0.1) is 6.92 Å². The summed E-state index contributed by atoms with van der Waals surface area (Å²) in [6.45, 7) is 5.34. The molecule has 1 amide bonds. The number of para-hydroxylation sites is 1. The molecule has 0 saturated carbocycles. The number of amides is 1. The number of carbonyl (C=O) groups excluding carboxylic acids is 1. The largest absolute Gasteiger partial charge is 0.368 e. The number of thiophene rings is 1. The van der Waals surface area contributed by atoms with E-state index in [1.807, 2.05) is 21.7 Å². The third-order valence-electron chi connectivity index (χ3n) is 4.89. The Kier molecular flexibility index (Phi) is 5.20. The van der Waals surface area contributed by atoms with Crippen LogP contribution < -0.4 is 4.90 Å². The number of piperazine rings is 1. The Balaban J connectivity index is 1.28. The number of anilines is 1. The van der Waals surface area contributed by atoms with E-state index in [-0.39, 0.29) is 5.91 Å². The van der Waals surface area contributed by atoms with Gasteiger partial charge in [-0.25, -0.2) is 0 Å². The van der Waals surface area contributed by atoms with E-state index in [2.05, 4.69) is 46.2 Å². The Morgan fingerprint density at radius 3 is 2.74 bits per heavy atom. The smallest absolute Gasteiger partial charge is 0.227 e. The van der Waals surface area contributed by atoms with Crippen LogP contribution in [0.25, 0.3) is 11.4 Å². The number of aromatic nitrogens is 2. The van der Waals surface area contributed by atoms with Crippen LogP contribution in [0.5, 0.6) is 0 Å². The minimum absolute atomic E-state index is 0.148. The average molecular weight is 382 g/mol. The fraction of sp³-hybridized carbons (Fsp3) is 0.350.